The molecule has 4 heteroatoms. The molecule has 0 N–H and O–H groups in total. The fourth-order valence-corrected chi connectivity index (χ4v) is 2.46. The first-order chi connectivity index (χ1) is 4.77. The molecule has 1 saturated heterocycles. The van der Waals surface area contributed by atoms with Crippen molar-refractivity contribution in [1.29, 1.82) is 0 Å². The first-order valence-corrected chi connectivity index (χ1v) is 4.40. The molecule has 2 nitrogen and oxygen atoms in total. The van der Waals surface area contributed by atoms with E-state index in [0.717, 1.165) is 4.63 Å². The lowest BCUT2D eigenvalue weighted by Gasteiger charge is -2.39. The lowest BCUT2D eigenvalue weighted by Crippen LogP contribution is -2.48. The van der Waals surface area contributed by atoms with Crippen LogP contribution in [-0.2, 0) is 4.79 Å². The lowest BCUT2D eigenvalue weighted by atomic mass is 10.2. The van der Waals surface area contributed by atoms with Gasteiger partial charge >= 0.3 is 0 Å². The molecule has 52 valence electrons. The number of β-lactam (4-membered cyclic amide) rings is 1. The Morgan fingerprint density at radius 1 is 1.80 bits per heavy atom. The number of fused-ring (bicyclic) bond motifs is 1. The van der Waals surface area contributed by atoms with E-state index in [0.29, 0.717) is 11.8 Å². The SMILES string of the molecule is O=C1C[C@H]2SC(=P)C=CN12. The monoisotopic (exact) mass is 171 g/mol. The quantitative estimate of drug-likeness (QED) is 0.401. The van der Waals surface area contributed by atoms with Crippen molar-refractivity contribution in [2.75, 3.05) is 0 Å². The molecule has 2 aliphatic heterocycles. The van der Waals surface area contributed by atoms with Crippen molar-refractivity contribution in [3.63, 3.8) is 0 Å². The number of carbonyl (C=O) groups excluding carboxylic acids is 1. The van der Waals surface area contributed by atoms with Crippen molar-refractivity contribution in [3.8, 4) is 0 Å². The van der Waals surface area contributed by atoms with Crippen LogP contribution in [-0.4, -0.2) is 20.8 Å². The van der Waals surface area contributed by atoms with Gasteiger partial charge in [0.15, 0.2) is 0 Å². The Morgan fingerprint density at radius 2 is 2.60 bits per heavy atom. The number of amides is 1. The van der Waals surface area contributed by atoms with Gasteiger partial charge in [-0.1, -0.05) is 11.8 Å². The van der Waals surface area contributed by atoms with Crippen molar-refractivity contribution < 1.29 is 4.79 Å². The fourth-order valence-electron chi connectivity index (χ4n) is 1.01. The van der Waals surface area contributed by atoms with Crippen molar-refractivity contribution in [3.05, 3.63) is 12.3 Å². The Hall–Kier alpha value is -0.270. The fraction of sp³-hybridized carbons (Fsp3) is 0.333. The third-order valence-electron chi connectivity index (χ3n) is 1.60. The van der Waals surface area contributed by atoms with E-state index in [1.165, 1.54) is 0 Å². The van der Waals surface area contributed by atoms with Gasteiger partial charge < -0.3 is 4.90 Å². The smallest absolute Gasteiger partial charge is 0.230 e. The summed E-state index contributed by atoms with van der Waals surface area (Å²) in [6.45, 7) is 0. The van der Waals surface area contributed by atoms with Crippen molar-refractivity contribution >= 4 is 31.2 Å². The summed E-state index contributed by atoms with van der Waals surface area (Å²) in [5, 5.41) is 0.366. The van der Waals surface area contributed by atoms with E-state index in [1.807, 2.05) is 12.3 Å². The Kier molecular flexibility index (Phi) is 1.36. The molecular formula is C6H6NOPS. The molecule has 2 rings (SSSR count). The van der Waals surface area contributed by atoms with Gasteiger partial charge in [0.25, 0.3) is 0 Å². The van der Waals surface area contributed by atoms with Gasteiger partial charge in [0.1, 0.15) is 0 Å². The summed E-state index contributed by atoms with van der Waals surface area (Å²) in [4.78, 5) is 12.6. The minimum atomic E-state index is 0.230. The van der Waals surface area contributed by atoms with Gasteiger partial charge in [-0.3, -0.25) is 4.79 Å². The zero-order valence-electron chi connectivity index (χ0n) is 5.20. The molecule has 1 atom stereocenters. The Balaban J connectivity index is 2.21. The maximum Gasteiger partial charge on any atom is 0.230 e. The highest BCUT2D eigenvalue weighted by molar-refractivity contribution is 8.18. The third kappa shape index (κ3) is 0.815. The summed E-state index contributed by atoms with van der Waals surface area (Å²) in [7, 11) is 3.41. The average Bonchev–Trinajstić information content (AvgIpc) is 1.86. The van der Waals surface area contributed by atoms with E-state index in [1.54, 1.807) is 16.7 Å². The standard InChI is InChI=1S/C6H6NOPS/c8-4-3-5-7(4)2-1-6(9)10-5/h1-2,5,9H,3H2/t5-/m1/s1. The molecular weight excluding hydrogens is 165 g/mol. The highest BCUT2D eigenvalue weighted by Crippen LogP contribution is 2.34. The normalized spacial score (nSPS) is 30.0. The Bertz CT molecular complexity index is 238. The van der Waals surface area contributed by atoms with E-state index in [4.69, 9.17) is 0 Å². The average molecular weight is 171 g/mol. The first-order valence-electron chi connectivity index (χ1n) is 3.02. The summed E-state index contributed by atoms with van der Waals surface area (Å²) >= 11 is 1.69. The number of nitrogens with zero attached hydrogens (tertiary/aromatic N) is 1. The zero-order valence-corrected chi connectivity index (χ0v) is 7.02. The second-order valence-corrected chi connectivity index (χ2v) is 4.38. The number of rotatable bonds is 0. The molecule has 1 amide bonds. The minimum Gasteiger partial charge on any atom is -0.306 e. The van der Waals surface area contributed by atoms with Crippen LogP contribution < -0.4 is 0 Å². The van der Waals surface area contributed by atoms with Gasteiger partial charge in [0.2, 0.25) is 5.91 Å². The van der Waals surface area contributed by atoms with Crippen LogP contribution in [0.15, 0.2) is 12.3 Å². The number of hydrogen-bond acceptors (Lipinski definition) is 2. The van der Waals surface area contributed by atoms with Crippen LogP contribution in [0.5, 0.6) is 0 Å². The maximum absolute atomic E-state index is 10.8. The van der Waals surface area contributed by atoms with Crippen LogP contribution in [0.1, 0.15) is 6.42 Å². The highest BCUT2D eigenvalue weighted by Gasteiger charge is 2.37. The molecule has 0 unspecified atom stereocenters. The number of carbonyl (C=O) groups is 1. The predicted octanol–water partition coefficient (Wildman–Crippen LogP) is 1.08. The lowest BCUT2D eigenvalue weighted by molar-refractivity contribution is -0.137. The van der Waals surface area contributed by atoms with Gasteiger partial charge in [-0.25, -0.2) is 0 Å². The van der Waals surface area contributed by atoms with Crippen LogP contribution in [0.2, 0.25) is 0 Å². The molecule has 0 aromatic rings. The van der Waals surface area contributed by atoms with E-state index in [-0.39, 0.29) is 5.91 Å². The van der Waals surface area contributed by atoms with Crippen molar-refractivity contribution in [2.45, 2.75) is 11.8 Å². The van der Waals surface area contributed by atoms with Crippen LogP contribution in [0, 0.1) is 0 Å². The molecule has 2 heterocycles. The molecule has 1 fully saturated rings. The number of thioether (sulfide) groups is 1. The predicted molar refractivity (Wildman–Crippen MR) is 45.3 cm³/mol. The molecule has 2 aliphatic rings. The first kappa shape index (κ1) is 6.44. The number of hydrogen-bond donors (Lipinski definition) is 0. The summed E-state index contributed by atoms with van der Waals surface area (Å²) in [5.74, 6) is 0.230. The zero-order chi connectivity index (χ0) is 7.14. The van der Waals surface area contributed by atoms with Gasteiger partial charge in [0, 0.05) is 10.8 Å². The third-order valence-corrected chi connectivity index (χ3v) is 3.17. The van der Waals surface area contributed by atoms with Crippen LogP contribution in [0.3, 0.4) is 0 Å². The van der Waals surface area contributed by atoms with Crippen molar-refractivity contribution in [2.24, 2.45) is 0 Å². The van der Waals surface area contributed by atoms with Crippen LogP contribution in [0.25, 0.3) is 0 Å². The van der Waals surface area contributed by atoms with Gasteiger partial charge in [0.05, 0.1) is 11.8 Å². The summed E-state index contributed by atoms with van der Waals surface area (Å²) in [5.41, 5.74) is 0. The molecule has 0 radical (unpaired) electrons. The Morgan fingerprint density at radius 3 is 3.20 bits per heavy atom. The van der Waals surface area contributed by atoms with Gasteiger partial charge in [-0.15, -0.1) is 8.86 Å². The molecule has 0 aromatic heterocycles. The molecule has 10 heavy (non-hydrogen) atoms. The molecule has 0 aliphatic carbocycles. The van der Waals surface area contributed by atoms with E-state index < -0.39 is 0 Å². The molecule has 0 saturated carbocycles. The van der Waals surface area contributed by atoms with E-state index >= 15 is 0 Å². The van der Waals surface area contributed by atoms with Crippen LogP contribution >= 0.6 is 20.6 Å². The minimum absolute atomic E-state index is 0.230. The maximum atomic E-state index is 10.8. The summed E-state index contributed by atoms with van der Waals surface area (Å²) in [6.07, 6.45) is 4.41. The van der Waals surface area contributed by atoms with E-state index in [9.17, 15) is 4.79 Å². The second kappa shape index (κ2) is 2.11. The molecule has 0 spiro atoms. The molecule has 0 bridgehead atoms. The van der Waals surface area contributed by atoms with E-state index in [2.05, 4.69) is 8.86 Å². The van der Waals surface area contributed by atoms with Crippen molar-refractivity contribution in [1.82, 2.24) is 4.90 Å². The van der Waals surface area contributed by atoms with Crippen LogP contribution in [0.4, 0.5) is 0 Å². The molecule has 0 aromatic carbocycles. The second-order valence-electron chi connectivity index (χ2n) is 2.26. The van der Waals surface area contributed by atoms with Gasteiger partial charge in [-0.2, -0.15) is 0 Å². The topological polar surface area (TPSA) is 20.3 Å². The summed E-state index contributed by atoms with van der Waals surface area (Å²) in [6, 6.07) is 0. The summed E-state index contributed by atoms with van der Waals surface area (Å²) < 4.78 is 1.11. The largest absolute Gasteiger partial charge is 0.306 e. The van der Waals surface area contributed by atoms with Gasteiger partial charge in [-0.05, 0) is 6.08 Å². The Labute approximate surface area is 65.5 Å². The highest BCUT2D eigenvalue weighted by atomic mass is 32.2.